The van der Waals surface area contributed by atoms with E-state index in [1.807, 2.05) is 24.5 Å². The fourth-order valence-corrected chi connectivity index (χ4v) is 1.73. The Morgan fingerprint density at radius 2 is 1.78 bits per heavy atom. The molecule has 0 saturated heterocycles. The van der Waals surface area contributed by atoms with Crippen molar-refractivity contribution < 1.29 is 0 Å². The minimum Gasteiger partial charge on any atom is -0.310 e. The lowest BCUT2D eigenvalue weighted by molar-refractivity contribution is 0.587. The molecule has 1 aromatic carbocycles. The van der Waals surface area contributed by atoms with Gasteiger partial charge in [-0.05, 0) is 12.5 Å². The van der Waals surface area contributed by atoms with Crippen LogP contribution in [0.5, 0.6) is 0 Å². The van der Waals surface area contributed by atoms with Crippen LogP contribution in [-0.2, 0) is 6.54 Å². The highest BCUT2D eigenvalue weighted by Gasteiger charge is 2.04. The van der Waals surface area contributed by atoms with Gasteiger partial charge in [-0.1, -0.05) is 38.1 Å². The van der Waals surface area contributed by atoms with Gasteiger partial charge in [-0.2, -0.15) is 0 Å². The third-order valence-corrected chi connectivity index (χ3v) is 2.81. The number of aryl methyl sites for hydroxylation is 1. The molecule has 0 saturated carbocycles. The lowest BCUT2D eigenvalue weighted by atomic mass is 10.1. The summed E-state index contributed by atoms with van der Waals surface area (Å²) in [5.41, 5.74) is 3.41. The Balaban J connectivity index is 2.15. The number of hydrogen-bond donors (Lipinski definition) is 1. The highest BCUT2D eigenvalue weighted by atomic mass is 14.9. The van der Waals surface area contributed by atoms with Crippen molar-refractivity contribution in [3.63, 3.8) is 0 Å². The summed E-state index contributed by atoms with van der Waals surface area (Å²) in [6.07, 6.45) is 3.79. The second kappa shape index (κ2) is 5.74. The first-order chi connectivity index (χ1) is 8.66. The van der Waals surface area contributed by atoms with Crippen molar-refractivity contribution in [2.75, 3.05) is 0 Å². The maximum Gasteiger partial charge on any atom is 0.159 e. The van der Waals surface area contributed by atoms with Crippen LogP contribution in [0.25, 0.3) is 11.4 Å². The highest BCUT2D eigenvalue weighted by molar-refractivity contribution is 5.59. The summed E-state index contributed by atoms with van der Waals surface area (Å²) in [7, 11) is 0. The molecule has 0 radical (unpaired) electrons. The van der Waals surface area contributed by atoms with Crippen LogP contribution in [0.1, 0.15) is 25.0 Å². The van der Waals surface area contributed by atoms with Gasteiger partial charge in [0.05, 0.1) is 0 Å². The number of benzene rings is 1. The summed E-state index contributed by atoms with van der Waals surface area (Å²) in [5.74, 6) is 0.793. The third kappa shape index (κ3) is 3.14. The summed E-state index contributed by atoms with van der Waals surface area (Å²) >= 11 is 0. The number of hydrogen-bond acceptors (Lipinski definition) is 3. The summed E-state index contributed by atoms with van der Waals surface area (Å²) < 4.78 is 0. The van der Waals surface area contributed by atoms with Crippen LogP contribution in [0.3, 0.4) is 0 Å². The summed E-state index contributed by atoms with van der Waals surface area (Å²) in [4.78, 5) is 8.87. The van der Waals surface area contributed by atoms with Gasteiger partial charge in [0.15, 0.2) is 5.82 Å². The van der Waals surface area contributed by atoms with E-state index in [-0.39, 0.29) is 0 Å². The topological polar surface area (TPSA) is 37.8 Å². The molecule has 2 aromatic rings. The number of nitrogens with one attached hydrogen (secondary N) is 1. The van der Waals surface area contributed by atoms with Crippen molar-refractivity contribution in [3.8, 4) is 11.4 Å². The van der Waals surface area contributed by atoms with E-state index in [0.717, 1.165) is 23.5 Å². The van der Waals surface area contributed by atoms with Crippen LogP contribution in [0, 0.1) is 6.92 Å². The summed E-state index contributed by atoms with van der Waals surface area (Å²) in [5, 5.41) is 3.35. The molecule has 0 aliphatic rings. The Bertz CT molecular complexity index is 503. The Hall–Kier alpha value is -1.74. The van der Waals surface area contributed by atoms with E-state index in [1.54, 1.807) is 0 Å². The maximum absolute atomic E-state index is 4.44. The van der Waals surface area contributed by atoms with Crippen LogP contribution >= 0.6 is 0 Å². The molecular formula is C15H19N3. The van der Waals surface area contributed by atoms with Gasteiger partial charge in [0.1, 0.15) is 0 Å². The van der Waals surface area contributed by atoms with E-state index >= 15 is 0 Å². The van der Waals surface area contributed by atoms with Crippen LogP contribution in [-0.4, -0.2) is 16.0 Å². The fraction of sp³-hybridized carbons (Fsp3) is 0.333. The second-order valence-corrected chi connectivity index (χ2v) is 4.77. The molecule has 2 rings (SSSR count). The average Bonchev–Trinajstić information content (AvgIpc) is 2.38. The first-order valence-corrected chi connectivity index (χ1v) is 6.27. The van der Waals surface area contributed by atoms with Gasteiger partial charge in [-0.3, -0.25) is 0 Å². The Kier molecular flexibility index (Phi) is 4.05. The van der Waals surface area contributed by atoms with Crippen LogP contribution in [0.2, 0.25) is 0 Å². The smallest absolute Gasteiger partial charge is 0.159 e. The van der Waals surface area contributed by atoms with Gasteiger partial charge in [0, 0.05) is 36.1 Å². The standard InChI is InChI=1S/C15H19N3/c1-11(2)16-8-13-9-17-15(18-10-13)14-7-5-4-6-12(14)3/h4-7,9-11,16H,8H2,1-3H3. The first-order valence-electron chi connectivity index (χ1n) is 6.27. The maximum atomic E-state index is 4.44. The van der Waals surface area contributed by atoms with E-state index in [9.17, 15) is 0 Å². The quantitative estimate of drug-likeness (QED) is 0.894. The Morgan fingerprint density at radius 3 is 2.39 bits per heavy atom. The molecule has 18 heavy (non-hydrogen) atoms. The molecule has 1 N–H and O–H groups in total. The molecule has 0 aliphatic heterocycles. The number of nitrogens with zero attached hydrogens (tertiary/aromatic N) is 2. The molecule has 1 aromatic heterocycles. The molecule has 3 nitrogen and oxygen atoms in total. The molecule has 0 atom stereocenters. The lowest BCUT2D eigenvalue weighted by Gasteiger charge is -2.08. The molecule has 94 valence electrons. The van der Waals surface area contributed by atoms with Crippen LogP contribution < -0.4 is 5.32 Å². The zero-order valence-corrected chi connectivity index (χ0v) is 11.1. The van der Waals surface area contributed by atoms with Crippen molar-refractivity contribution >= 4 is 0 Å². The predicted octanol–water partition coefficient (Wildman–Crippen LogP) is 2.95. The molecule has 0 unspecified atom stereocenters. The average molecular weight is 241 g/mol. The summed E-state index contributed by atoms with van der Waals surface area (Å²) in [6, 6.07) is 8.64. The van der Waals surface area contributed by atoms with E-state index in [2.05, 4.69) is 48.2 Å². The monoisotopic (exact) mass is 241 g/mol. The molecule has 3 heteroatoms. The molecule has 0 fully saturated rings. The van der Waals surface area contributed by atoms with E-state index in [1.165, 1.54) is 5.56 Å². The van der Waals surface area contributed by atoms with Crippen molar-refractivity contribution in [1.82, 2.24) is 15.3 Å². The molecule has 0 spiro atoms. The van der Waals surface area contributed by atoms with Gasteiger partial charge in [-0.25, -0.2) is 9.97 Å². The highest BCUT2D eigenvalue weighted by Crippen LogP contribution is 2.18. The van der Waals surface area contributed by atoms with Gasteiger partial charge in [0.25, 0.3) is 0 Å². The second-order valence-electron chi connectivity index (χ2n) is 4.77. The van der Waals surface area contributed by atoms with Gasteiger partial charge in [0.2, 0.25) is 0 Å². The zero-order chi connectivity index (χ0) is 13.0. The minimum atomic E-state index is 0.473. The normalized spacial score (nSPS) is 10.9. The van der Waals surface area contributed by atoms with Crippen LogP contribution in [0.4, 0.5) is 0 Å². The molecule has 0 aliphatic carbocycles. The predicted molar refractivity (Wildman–Crippen MR) is 74.2 cm³/mol. The van der Waals surface area contributed by atoms with Crippen molar-refractivity contribution in [3.05, 3.63) is 47.8 Å². The van der Waals surface area contributed by atoms with Crippen molar-refractivity contribution in [1.29, 1.82) is 0 Å². The fourth-order valence-electron chi connectivity index (χ4n) is 1.73. The van der Waals surface area contributed by atoms with Crippen molar-refractivity contribution in [2.24, 2.45) is 0 Å². The SMILES string of the molecule is Cc1ccccc1-c1ncc(CNC(C)C)cn1. The summed E-state index contributed by atoms with van der Waals surface area (Å²) in [6.45, 7) is 7.14. The van der Waals surface area contributed by atoms with Gasteiger partial charge in [-0.15, -0.1) is 0 Å². The molecular weight excluding hydrogens is 222 g/mol. The van der Waals surface area contributed by atoms with E-state index < -0.39 is 0 Å². The Labute approximate surface area is 108 Å². The molecule has 0 amide bonds. The molecule has 0 bridgehead atoms. The van der Waals surface area contributed by atoms with Crippen LogP contribution in [0.15, 0.2) is 36.7 Å². The number of rotatable bonds is 4. The number of aromatic nitrogens is 2. The Morgan fingerprint density at radius 1 is 1.11 bits per heavy atom. The minimum absolute atomic E-state index is 0.473. The third-order valence-electron chi connectivity index (χ3n) is 2.81. The van der Waals surface area contributed by atoms with Crippen molar-refractivity contribution in [2.45, 2.75) is 33.4 Å². The lowest BCUT2D eigenvalue weighted by Crippen LogP contribution is -2.21. The van der Waals surface area contributed by atoms with Gasteiger partial charge >= 0.3 is 0 Å². The zero-order valence-electron chi connectivity index (χ0n) is 11.1. The van der Waals surface area contributed by atoms with E-state index in [4.69, 9.17) is 0 Å². The largest absolute Gasteiger partial charge is 0.310 e. The first kappa shape index (κ1) is 12.7. The van der Waals surface area contributed by atoms with E-state index in [0.29, 0.717) is 6.04 Å². The van der Waals surface area contributed by atoms with Gasteiger partial charge < -0.3 is 5.32 Å². The molecule has 1 heterocycles.